The van der Waals surface area contributed by atoms with Gasteiger partial charge in [0.25, 0.3) is 0 Å². The van der Waals surface area contributed by atoms with Gasteiger partial charge in [0.15, 0.2) is 4.67 Å². The summed E-state index contributed by atoms with van der Waals surface area (Å²) in [6.45, 7) is 1.73. The molecular formula is C12H15BrN2O4. The number of rotatable bonds is 4. The molecule has 1 aliphatic rings. The van der Waals surface area contributed by atoms with Crippen molar-refractivity contribution in [2.75, 3.05) is 20.2 Å². The van der Waals surface area contributed by atoms with E-state index in [1.165, 1.54) is 7.11 Å². The van der Waals surface area contributed by atoms with Crippen LogP contribution in [-0.4, -0.2) is 43.0 Å². The smallest absolute Gasteiger partial charge is 0.307 e. The van der Waals surface area contributed by atoms with Gasteiger partial charge in [-0.2, -0.15) is 0 Å². The highest BCUT2D eigenvalue weighted by atomic mass is 79.9. The van der Waals surface area contributed by atoms with Crippen LogP contribution in [0.4, 0.5) is 0 Å². The lowest BCUT2D eigenvalue weighted by molar-refractivity contribution is -0.146. The molecule has 7 heteroatoms. The van der Waals surface area contributed by atoms with Gasteiger partial charge in [-0.05, 0) is 28.1 Å². The maximum absolute atomic E-state index is 11.9. The predicted octanol–water partition coefficient (Wildman–Crippen LogP) is 0.906. The SMILES string of the molecule is COC(=O)CC1C(=O)NCCN1Cc1ccc(Br)o1. The molecular weight excluding hydrogens is 316 g/mol. The maximum Gasteiger partial charge on any atom is 0.307 e. The van der Waals surface area contributed by atoms with E-state index >= 15 is 0 Å². The maximum atomic E-state index is 11.9. The lowest BCUT2D eigenvalue weighted by Gasteiger charge is -2.33. The van der Waals surface area contributed by atoms with Crippen molar-refractivity contribution in [2.24, 2.45) is 0 Å². The van der Waals surface area contributed by atoms with E-state index in [0.717, 1.165) is 5.76 Å². The first-order valence-corrected chi connectivity index (χ1v) is 6.72. The molecule has 1 aromatic rings. The molecule has 0 saturated carbocycles. The Kier molecular flexibility index (Phi) is 4.60. The molecule has 6 nitrogen and oxygen atoms in total. The Morgan fingerprint density at radius 2 is 2.42 bits per heavy atom. The Balaban J connectivity index is 2.06. The zero-order chi connectivity index (χ0) is 13.8. The number of hydrogen-bond acceptors (Lipinski definition) is 5. The molecule has 1 unspecified atom stereocenters. The zero-order valence-corrected chi connectivity index (χ0v) is 12.1. The summed E-state index contributed by atoms with van der Waals surface area (Å²) in [6.07, 6.45) is 0.0458. The fourth-order valence-corrected chi connectivity index (χ4v) is 2.39. The van der Waals surface area contributed by atoms with Crippen LogP contribution < -0.4 is 5.32 Å². The molecule has 1 amide bonds. The van der Waals surface area contributed by atoms with E-state index < -0.39 is 12.0 Å². The molecule has 0 bridgehead atoms. The Hall–Kier alpha value is -1.34. The van der Waals surface area contributed by atoms with Crippen LogP contribution in [0.25, 0.3) is 0 Å². The topological polar surface area (TPSA) is 71.8 Å². The predicted molar refractivity (Wildman–Crippen MR) is 70.2 cm³/mol. The van der Waals surface area contributed by atoms with Gasteiger partial charge in [0.2, 0.25) is 5.91 Å². The molecule has 0 aromatic carbocycles. The molecule has 2 heterocycles. The van der Waals surface area contributed by atoms with Gasteiger partial charge in [0, 0.05) is 13.1 Å². The number of methoxy groups -OCH3 is 1. The van der Waals surface area contributed by atoms with Gasteiger partial charge in [-0.15, -0.1) is 0 Å². The van der Waals surface area contributed by atoms with Gasteiger partial charge >= 0.3 is 5.97 Å². The average molecular weight is 331 g/mol. The summed E-state index contributed by atoms with van der Waals surface area (Å²) in [7, 11) is 1.32. The van der Waals surface area contributed by atoms with Crippen LogP contribution in [0.1, 0.15) is 12.2 Å². The Bertz CT molecular complexity index is 474. The minimum atomic E-state index is -0.509. The van der Waals surface area contributed by atoms with Crippen molar-refractivity contribution >= 4 is 27.8 Å². The lowest BCUT2D eigenvalue weighted by Crippen LogP contribution is -2.55. The van der Waals surface area contributed by atoms with Crippen LogP contribution in [0, 0.1) is 0 Å². The second kappa shape index (κ2) is 6.21. The summed E-state index contributed by atoms with van der Waals surface area (Å²) in [5.41, 5.74) is 0. The summed E-state index contributed by atoms with van der Waals surface area (Å²) >= 11 is 3.24. The fraction of sp³-hybridized carbons (Fsp3) is 0.500. The summed E-state index contributed by atoms with van der Waals surface area (Å²) in [5.74, 6) is 0.200. The molecule has 2 rings (SSSR count). The van der Waals surface area contributed by atoms with Crippen LogP contribution in [0.2, 0.25) is 0 Å². The zero-order valence-electron chi connectivity index (χ0n) is 10.5. The molecule has 0 spiro atoms. The average Bonchev–Trinajstić information content (AvgIpc) is 2.79. The van der Waals surface area contributed by atoms with Crippen molar-refractivity contribution in [3.8, 4) is 0 Å². The number of ether oxygens (including phenoxy) is 1. The first kappa shape index (κ1) is 14.1. The molecule has 1 aromatic heterocycles. The Morgan fingerprint density at radius 3 is 3.05 bits per heavy atom. The quantitative estimate of drug-likeness (QED) is 0.831. The largest absolute Gasteiger partial charge is 0.469 e. The van der Waals surface area contributed by atoms with E-state index in [2.05, 4.69) is 26.0 Å². The number of nitrogens with zero attached hydrogens (tertiary/aromatic N) is 1. The van der Waals surface area contributed by atoms with Crippen molar-refractivity contribution in [1.29, 1.82) is 0 Å². The van der Waals surface area contributed by atoms with Gasteiger partial charge in [-0.1, -0.05) is 0 Å². The highest BCUT2D eigenvalue weighted by molar-refractivity contribution is 9.10. The van der Waals surface area contributed by atoms with Crippen molar-refractivity contribution in [1.82, 2.24) is 10.2 Å². The van der Waals surface area contributed by atoms with Crippen molar-refractivity contribution < 1.29 is 18.7 Å². The second-order valence-electron chi connectivity index (χ2n) is 4.26. The monoisotopic (exact) mass is 330 g/mol. The lowest BCUT2D eigenvalue weighted by atomic mass is 10.1. The van der Waals surface area contributed by atoms with Crippen LogP contribution >= 0.6 is 15.9 Å². The van der Waals surface area contributed by atoms with E-state index in [9.17, 15) is 9.59 Å². The van der Waals surface area contributed by atoms with Gasteiger partial charge in [0.1, 0.15) is 11.8 Å². The first-order valence-electron chi connectivity index (χ1n) is 5.93. The molecule has 0 aliphatic carbocycles. The number of amides is 1. The molecule has 104 valence electrons. The van der Waals surface area contributed by atoms with Gasteiger partial charge in [0.05, 0.1) is 20.1 Å². The number of carbonyl (C=O) groups excluding carboxylic acids is 2. The molecule has 0 radical (unpaired) electrons. The number of hydrogen-bond donors (Lipinski definition) is 1. The minimum absolute atomic E-state index is 0.0458. The van der Waals surface area contributed by atoms with Crippen molar-refractivity contribution in [3.05, 3.63) is 22.6 Å². The Morgan fingerprint density at radius 1 is 1.63 bits per heavy atom. The van der Waals surface area contributed by atoms with Gasteiger partial charge < -0.3 is 14.5 Å². The molecule has 1 atom stereocenters. The number of nitrogens with one attached hydrogen (secondary N) is 1. The van der Waals surface area contributed by atoms with E-state index in [4.69, 9.17) is 4.42 Å². The van der Waals surface area contributed by atoms with Crippen LogP contribution in [-0.2, 0) is 20.9 Å². The minimum Gasteiger partial charge on any atom is -0.469 e. The standard InChI is InChI=1S/C12H15BrN2O4/c1-18-11(16)6-9-12(17)14-4-5-15(9)7-8-2-3-10(13)19-8/h2-3,9H,4-7H2,1H3,(H,14,17). The highest BCUT2D eigenvalue weighted by Gasteiger charge is 2.32. The van der Waals surface area contributed by atoms with Crippen LogP contribution in [0.3, 0.4) is 0 Å². The third-order valence-electron chi connectivity index (χ3n) is 3.02. The normalized spacial score (nSPS) is 20.1. The van der Waals surface area contributed by atoms with E-state index in [-0.39, 0.29) is 12.3 Å². The van der Waals surface area contributed by atoms with Crippen molar-refractivity contribution in [2.45, 2.75) is 19.0 Å². The van der Waals surface area contributed by atoms with Gasteiger partial charge in [-0.25, -0.2) is 0 Å². The number of esters is 1. The molecule has 1 fully saturated rings. The molecule has 19 heavy (non-hydrogen) atoms. The third-order valence-corrected chi connectivity index (χ3v) is 3.44. The third kappa shape index (κ3) is 3.57. The number of carbonyl (C=O) groups is 2. The number of furan rings is 1. The fourth-order valence-electron chi connectivity index (χ4n) is 2.05. The summed E-state index contributed by atoms with van der Waals surface area (Å²) < 4.78 is 10.7. The van der Waals surface area contributed by atoms with Crippen LogP contribution in [0.15, 0.2) is 21.2 Å². The summed E-state index contributed by atoms with van der Waals surface area (Å²) in [5, 5.41) is 2.75. The van der Waals surface area contributed by atoms with E-state index in [1.807, 2.05) is 11.0 Å². The van der Waals surface area contributed by atoms with Crippen LogP contribution in [0.5, 0.6) is 0 Å². The molecule has 1 saturated heterocycles. The first-order chi connectivity index (χ1) is 9.10. The number of halogens is 1. The Labute approximate surface area is 119 Å². The van der Waals surface area contributed by atoms with E-state index in [0.29, 0.717) is 24.3 Å². The van der Waals surface area contributed by atoms with Gasteiger partial charge in [-0.3, -0.25) is 14.5 Å². The summed E-state index contributed by atoms with van der Waals surface area (Å²) in [6, 6.07) is 3.13. The molecule has 1 N–H and O–H groups in total. The molecule has 1 aliphatic heterocycles. The highest BCUT2D eigenvalue weighted by Crippen LogP contribution is 2.19. The summed E-state index contributed by atoms with van der Waals surface area (Å²) in [4.78, 5) is 25.1. The number of piperazine rings is 1. The second-order valence-corrected chi connectivity index (χ2v) is 5.04. The van der Waals surface area contributed by atoms with E-state index in [1.54, 1.807) is 6.07 Å². The van der Waals surface area contributed by atoms with Crippen molar-refractivity contribution in [3.63, 3.8) is 0 Å².